The van der Waals surface area contributed by atoms with E-state index < -0.39 is 5.91 Å². The molecule has 0 fully saturated rings. The Kier molecular flexibility index (Phi) is 4.86. The van der Waals surface area contributed by atoms with Crippen LogP contribution in [0.4, 0.5) is 0 Å². The summed E-state index contributed by atoms with van der Waals surface area (Å²) in [4.78, 5) is 23.0. The van der Waals surface area contributed by atoms with Crippen molar-refractivity contribution in [1.29, 1.82) is 0 Å². The van der Waals surface area contributed by atoms with Gasteiger partial charge < -0.3 is 10.6 Å². The summed E-state index contributed by atoms with van der Waals surface area (Å²) in [6.07, 6.45) is 6.33. The Morgan fingerprint density at radius 3 is 2.88 bits per heavy atom. The number of aromatic nitrogens is 4. The lowest BCUT2D eigenvalue weighted by Crippen LogP contribution is -2.17. The van der Waals surface area contributed by atoms with Crippen LogP contribution in [0, 0.1) is 0 Å². The van der Waals surface area contributed by atoms with Crippen LogP contribution in [0.1, 0.15) is 28.0 Å². The summed E-state index contributed by atoms with van der Waals surface area (Å²) >= 11 is 1.51. The molecule has 2 aromatic rings. The van der Waals surface area contributed by atoms with Crippen molar-refractivity contribution >= 4 is 17.7 Å². The van der Waals surface area contributed by atoms with E-state index in [1.165, 1.54) is 11.8 Å². The zero-order chi connectivity index (χ0) is 17.3. The van der Waals surface area contributed by atoms with E-state index in [9.17, 15) is 4.79 Å². The molecule has 0 atom stereocenters. The summed E-state index contributed by atoms with van der Waals surface area (Å²) < 4.78 is 1.90. The molecule has 8 heteroatoms. The fourth-order valence-corrected chi connectivity index (χ4v) is 3.37. The highest BCUT2D eigenvalue weighted by molar-refractivity contribution is 7.98. The van der Waals surface area contributed by atoms with E-state index >= 15 is 0 Å². The van der Waals surface area contributed by atoms with Crippen molar-refractivity contribution in [3.05, 3.63) is 23.0 Å². The average molecular weight is 346 g/mol. The molecule has 0 saturated carbocycles. The van der Waals surface area contributed by atoms with E-state index in [1.807, 2.05) is 31.2 Å². The molecular formula is C16H22N6OS. The first kappa shape index (κ1) is 16.9. The molecule has 1 amide bonds. The summed E-state index contributed by atoms with van der Waals surface area (Å²) in [7, 11) is 4.08. The molecule has 2 heterocycles. The molecule has 0 spiro atoms. The van der Waals surface area contributed by atoms with Gasteiger partial charge in [-0.2, -0.15) is 5.10 Å². The number of hydrogen-bond donors (Lipinski definition) is 1. The maximum atomic E-state index is 11.8. The number of fused-ring (bicyclic) bond motifs is 3. The molecular weight excluding hydrogens is 324 g/mol. The Labute approximate surface area is 145 Å². The van der Waals surface area contributed by atoms with Gasteiger partial charge in [-0.3, -0.25) is 9.48 Å². The third-order valence-electron chi connectivity index (χ3n) is 4.15. The smallest absolute Gasteiger partial charge is 0.269 e. The van der Waals surface area contributed by atoms with Crippen molar-refractivity contribution in [1.82, 2.24) is 24.6 Å². The van der Waals surface area contributed by atoms with Gasteiger partial charge in [-0.05, 0) is 51.7 Å². The summed E-state index contributed by atoms with van der Waals surface area (Å²) in [6, 6.07) is 0. The van der Waals surface area contributed by atoms with Crippen LogP contribution >= 0.6 is 11.8 Å². The highest BCUT2D eigenvalue weighted by atomic mass is 32.2. The molecule has 2 N–H and O–H groups in total. The van der Waals surface area contributed by atoms with Gasteiger partial charge in [0.15, 0.2) is 10.9 Å². The Morgan fingerprint density at radius 2 is 2.21 bits per heavy atom. The van der Waals surface area contributed by atoms with E-state index in [0.29, 0.717) is 5.69 Å². The van der Waals surface area contributed by atoms with Crippen molar-refractivity contribution in [2.45, 2.75) is 31.0 Å². The Bertz CT molecular complexity index is 770. The van der Waals surface area contributed by atoms with E-state index in [2.05, 4.69) is 20.0 Å². The number of amides is 1. The van der Waals surface area contributed by atoms with Gasteiger partial charge in [-0.15, -0.1) is 0 Å². The van der Waals surface area contributed by atoms with E-state index in [-0.39, 0.29) is 0 Å². The Hall–Kier alpha value is -1.93. The van der Waals surface area contributed by atoms with Gasteiger partial charge in [0.05, 0.1) is 11.4 Å². The van der Waals surface area contributed by atoms with Crippen LogP contribution in [0.5, 0.6) is 0 Å². The molecule has 0 aliphatic heterocycles. The third kappa shape index (κ3) is 3.16. The number of thioether (sulfide) groups is 1. The fourth-order valence-electron chi connectivity index (χ4n) is 3.03. The first-order valence-corrected chi connectivity index (χ1v) is 9.18. The minimum absolute atomic E-state index is 0.379. The quantitative estimate of drug-likeness (QED) is 0.625. The second kappa shape index (κ2) is 6.90. The van der Waals surface area contributed by atoms with Gasteiger partial charge in [0, 0.05) is 18.3 Å². The average Bonchev–Trinajstić information content (AvgIpc) is 2.93. The van der Waals surface area contributed by atoms with E-state index in [0.717, 1.165) is 60.0 Å². The molecule has 0 aromatic carbocycles. The number of primary amides is 1. The Morgan fingerprint density at radius 1 is 1.42 bits per heavy atom. The van der Waals surface area contributed by atoms with Crippen molar-refractivity contribution in [2.24, 2.45) is 5.73 Å². The van der Waals surface area contributed by atoms with Gasteiger partial charge in [-0.25, -0.2) is 9.97 Å². The third-order valence-corrected chi connectivity index (χ3v) is 4.71. The van der Waals surface area contributed by atoms with Crippen LogP contribution < -0.4 is 5.73 Å². The van der Waals surface area contributed by atoms with Crippen LogP contribution in [-0.2, 0) is 19.4 Å². The van der Waals surface area contributed by atoms with Crippen LogP contribution in [0.15, 0.2) is 11.4 Å². The fraction of sp³-hybridized carbons (Fsp3) is 0.500. The number of nitrogens with zero attached hydrogens (tertiary/aromatic N) is 5. The highest BCUT2D eigenvalue weighted by Gasteiger charge is 2.28. The molecule has 0 unspecified atom stereocenters. The van der Waals surface area contributed by atoms with Crippen LogP contribution in [0.3, 0.4) is 0 Å². The number of carbonyl (C=O) groups excluding carboxylic acids is 1. The number of hydrogen-bond acceptors (Lipinski definition) is 6. The zero-order valence-electron chi connectivity index (χ0n) is 14.2. The van der Waals surface area contributed by atoms with E-state index in [1.54, 1.807) is 0 Å². The molecule has 0 radical (unpaired) electrons. The monoisotopic (exact) mass is 346 g/mol. The number of rotatable bonds is 6. The molecule has 0 saturated heterocycles. The maximum Gasteiger partial charge on any atom is 0.269 e. The molecule has 24 heavy (non-hydrogen) atoms. The molecule has 3 rings (SSSR count). The largest absolute Gasteiger partial charge is 0.364 e. The second-order valence-corrected chi connectivity index (χ2v) is 6.92. The predicted octanol–water partition coefficient (Wildman–Crippen LogP) is 1.21. The van der Waals surface area contributed by atoms with Crippen LogP contribution in [0.25, 0.3) is 11.4 Å². The SMILES string of the molecule is CSc1ncc2c(n1)-c1c(c(C(N)=O)nn1CCCN(C)C)CC2. The normalized spacial score (nSPS) is 13.0. The van der Waals surface area contributed by atoms with Crippen LogP contribution in [0.2, 0.25) is 0 Å². The molecule has 7 nitrogen and oxygen atoms in total. The van der Waals surface area contributed by atoms with Gasteiger partial charge in [0.1, 0.15) is 0 Å². The summed E-state index contributed by atoms with van der Waals surface area (Å²) in [6.45, 7) is 1.68. The van der Waals surface area contributed by atoms with Crippen LogP contribution in [-0.4, -0.2) is 57.5 Å². The van der Waals surface area contributed by atoms with Gasteiger partial charge in [0.25, 0.3) is 5.91 Å². The van der Waals surface area contributed by atoms with E-state index in [4.69, 9.17) is 5.73 Å². The molecule has 1 aliphatic rings. The van der Waals surface area contributed by atoms with Crippen molar-refractivity contribution in [3.63, 3.8) is 0 Å². The topological polar surface area (TPSA) is 89.9 Å². The van der Waals surface area contributed by atoms with Crippen molar-refractivity contribution in [2.75, 3.05) is 26.9 Å². The highest BCUT2D eigenvalue weighted by Crippen LogP contribution is 2.34. The van der Waals surface area contributed by atoms with Crippen molar-refractivity contribution < 1.29 is 4.79 Å². The number of nitrogens with two attached hydrogens (primary N) is 1. The standard InChI is InChI=1S/C16H22N6OS/c1-21(2)7-4-8-22-14-11(13(20-22)15(17)23)6-5-10-9-18-16(24-3)19-12(10)14/h9H,4-8H2,1-3H3,(H2,17,23). The number of aryl methyl sites for hydroxylation is 2. The lowest BCUT2D eigenvalue weighted by Gasteiger charge is -2.18. The van der Waals surface area contributed by atoms with Gasteiger partial charge >= 0.3 is 0 Å². The summed E-state index contributed by atoms with van der Waals surface area (Å²) in [5.41, 5.74) is 9.77. The predicted molar refractivity (Wildman–Crippen MR) is 94.1 cm³/mol. The maximum absolute atomic E-state index is 11.8. The minimum atomic E-state index is -0.472. The Balaban J connectivity index is 2.06. The summed E-state index contributed by atoms with van der Waals surface area (Å²) in [5.74, 6) is -0.472. The lowest BCUT2D eigenvalue weighted by atomic mass is 9.93. The molecule has 128 valence electrons. The molecule has 0 bridgehead atoms. The van der Waals surface area contributed by atoms with Gasteiger partial charge in [0.2, 0.25) is 0 Å². The zero-order valence-corrected chi connectivity index (χ0v) is 15.1. The molecule has 2 aromatic heterocycles. The summed E-state index contributed by atoms with van der Waals surface area (Å²) in [5, 5.41) is 5.22. The minimum Gasteiger partial charge on any atom is -0.364 e. The lowest BCUT2D eigenvalue weighted by molar-refractivity contribution is 0.0994. The number of carbonyl (C=O) groups is 1. The molecule has 1 aliphatic carbocycles. The van der Waals surface area contributed by atoms with Gasteiger partial charge in [-0.1, -0.05) is 11.8 Å². The first-order chi connectivity index (χ1) is 11.5. The second-order valence-electron chi connectivity index (χ2n) is 6.15. The van der Waals surface area contributed by atoms with Crippen molar-refractivity contribution in [3.8, 4) is 11.4 Å². The first-order valence-electron chi connectivity index (χ1n) is 7.95.